The maximum absolute atomic E-state index is 14.6. The SMILES string of the molecule is CCOc1ccc(-n2c(C(CCNS(C)(=O)=O)N(CCN3CCOCC3)C(=O)Cc3ccc(C(F)(F)F)c(F)c3)nc3ccccc3c2=O)cc1. The second-order valence-corrected chi connectivity index (χ2v) is 13.9. The van der Waals surface area contributed by atoms with Crippen molar-refractivity contribution in [3.8, 4) is 11.4 Å². The molecule has 1 saturated heterocycles. The largest absolute Gasteiger partial charge is 0.494 e. The minimum absolute atomic E-state index is 0.00487. The zero-order valence-electron chi connectivity index (χ0n) is 28.2. The normalized spacial score (nSPS) is 14.8. The van der Waals surface area contributed by atoms with Gasteiger partial charge >= 0.3 is 6.18 Å². The van der Waals surface area contributed by atoms with Crippen LogP contribution in [0.4, 0.5) is 17.6 Å². The molecule has 2 heterocycles. The summed E-state index contributed by atoms with van der Waals surface area (Å²) in [4.78, 5) is 37.0. The van der Waals surface area contributed by atoms with Crippen molar-refractivity contribution in [1.82, 2.24) is 24.1 Å². The highest BCUT2D eigenvalue weighted by atomic mass is 32.2. The molecule has 1 unspecified atom stereocenters. The van der Waals surface area contributed by atoms with Crippen molar-refractivity contribution in [2.24, 2.45) is 0 Å². The Morgan fingerprint density at radius 3 is 2.43 bits per heavy atom. The third kappa shape index (κ3) is 9.70. The molecule has 51 heavy (non-hydrogen) atoms. The van der Waals surface area contributed by atoms with Crippen molar-refractivity contribution in [3.63, 3.8) is 0 Å². The van der Waals surface area contributed by atoms with Crippen LogP contribution >= 0.6 is 0 Å². The van der Waals surface area contributed by atoms with Crippen molar-refractivity contribution < 1.29 is 40.2 Å². The van der Waals surface area contributed by atoms with Crippen LogP contribution in [0.2, 0.25) is 0 Å². The number of alkyl halides is 3. The molecule has 1 aromatic heterocycles. The molecule has 0 aliphatic carbocycles. The Bertz CT molecular complexity index is 2000. The summed E-state index contributed by atoms with van der Waals surface area (Å²) in [5.74, 6) is -1.41. The number of para-hydroxylation sites is 1. The van der Waals surface area contributed by atoms with E-state index in [2.05, 4.69) is 9.62 Å². The Labute approximate surface area is 292 Å². The summed E-state index contributed by atoms with van der Waals surface area (Å²) in [5, 5.41) is 0.301. The van der Waals surface area contributed by atoms with Crippen molar-refractivity contribution >= 4 is 26.8 Å². The Kier molecular flexibility index (Phi) is 12.1. The first-order valence-electron chi connectivity index (χ1n) is 16.4. The van der Waals surface area contributed by atoms with E-state index in [-0.39, 0.29) is 30.9 Å². The lowest BCUT2D eigenvalue weighted by molar-refractivity contribution is -0.140. The van der Waals surface area contributed by atoms with Crippen LogP contribution in [0.3, 0.4) is 0 Å². The lowest BCUT2D eigenvalue weighted by Gasteiger charge is -2.35. The molecule has 11 nitrogen and oxygen atoms in total. The third-order valence-electron chi connectivity index (χ3n) is 8.44. The number of benzene rings is 3. The highest BCUT2D eigenvalue weighted by molar-refractivity contribution is 7.88. The van der Waals surface area contributed by atoms with E-state index in [0.29, 0.717) is 73.9 Å². The van der Waals surface area contributed by atoms with Gasteiger partial charge in [-0.3, -0.25) is 19.1 Å². The van der Waals surface area contributed by atoms with Gasteiger partial charge in [-0.2, -0.15) is 13.2 Å². The third-order valence-corrected chi connectivity index (χ3v) is 9.17. The zero-order chi connectivity index (χ0) is 36.8. The van der Waals surface area contributed by atoms with Gasteiger partial charge in [0.1, 0.15) is 17.4 Å². The molecular formula is C35H39F4N5O6S. The Morgan fingerprint density at radius 2 is 1.78 bits per heavy atom. The zero-order valence-corrected chi connectivity index (χ0v) is 29.0. The summed E-state index contributed by atoms with van der Waals surface area (Å²) in [6, 6.07) is 14.7. The number of ether oxygens (including phenoxy) is 2. The van der Waals surface area contributed by atoms with Gasteiger partial charge in [0.05, 0.1) is 60.7 Å². The summed E-state index contributed by atoms with van der Waals surface area (Å²) in [6.45, 7) is 4.64. The molecule has 5 rings (SSSR count). The molecule has 1 N–H and O–H groups in total. The lowest BCUT2D eigenvalue weighted by atomic mass is 10.0. The molecule has 0 bridgehead atoms. The van der Waals surface area contributed by atoms with Crippen LogP contribution in [0.1, 0.15) is 36.3 Å². The van der Waals surface area contributed by atoms with Crippen molar-refractivity contribution in [1.29, 1.82) is 0 Å². The van der Waals surface area contributed by atoms with Gasteiger partial charge in [0.15, 0.2) is 0 Å². The molecule has 1 amide bonds. The standard InChI is InChI=1S/C35H39F4N5O6S/c1-3-50-26-11-9-25(10-12-26)44-33(41-30-7-5-4-6-27(30)34(44)46)31(14-15-40-51(2,47)48)43(17-16-42-18-20-49-21-19-42)32(45)23-24-8-13-28(29(36)22-24)35(37,38)39/h4-13,22,31,40H,3,14-21,23H2,1-2H3. The van der Waals surface area contributed by atoms with E-state index in [4.69, 9.17) is 14.5 Å². The first kappa shape index (κ1) is 37.9. The van der Waals surface area contributed by atoms with Crippen LogP contribution in [0.25, 0.3) is 16.6 Å². The van der Waals surface area contributed by atoms with E-state index in [1.165, 1.54) is 9.47 Å². The van der Waals surface area contributed by atoms with Crippen LogP contribution < -0.4 is 15.0 Å². The number of carbonyl (C=O) groups is 1. The highest BCUT2D eigenvalue weighted by Crippen LogP contribution is 2.32. The topological polar surface area (TPSA) is 123 Å². The Hall–Kier alpha value is -4.38. The summed E-state index contributed by atoms with van der Waals surface area (Å²) in [7, 11) is -3.67. The van der Waals surface area contributed by atoms with Crippen LogP contribution in [-0.4, -0.2) is 92.5 Å². The molecule has 1 aliphatic heterocycles. The van der Waals surface area contributed by atoms with Crippen molar-refractivity contribution in [2.45, 2.75) is 32.0 Å². The predicted octanol–water partition coefficient (Wildman–Crippen LogP) is 4.33. The summed E-state index contributed by atoms with van der Waals surface area (Å²) < 4.78 is 93.7. The molecule has 16 heteroatoms. The average molecular weight is 734 g/mol. The number of nitrogens with zero attached hydrogens (tertiary/aromatic N) is 4. The number of amides is 1. The number of aromatic nitrogens is 2. The van der Waals surface area contributed by atoms with E-state index in [1.807, 2.05) is 6.92 Å². The molecule has 1 atom stereocenters. The molecule has 274 valence electrons. The number of morpholine rings is 1. The average Bonchev–Trinajstić information content (AvgIpc) is 3.07. The van der Waals surface area contributed by atoms with E-state index < -0.39 is 51.5 Å². The Balaban J connectivity index is 1.65. The monoisotopic (exact) mass is 733 g/mol. The molecule has 4 aromatic rings. The van der Waals surface area contributed by atoms with Crippen LogP contribution in [0, 0.1) is 5.82 Å². The molecule has 0 saturated carbocycles. The summed E-state index contributed by atoms with van der Waals surface area (Å²) in [6.07, 6.45) is -4.44. The molecule has 3 aromatic carbocycles. The fourth-order valence-corrected chi connectivity index (χ4v) is 6.48. The van der Waals surface area contributed by atoms with Gasteiger partial charge in [-0.15, -0.1) is 0 Å². The second kappa shape index (κ2) is 16.3. The smallest absolute Gasteiger partial charge is 0.419 e. The minimum atomic E-state index is -4.92. The second-order valence-electron chi connectivity index (χ2n) is 12.1. The summed E-state index contributed by atoms with van der Waals surface area (Å²) in [5.41, 5.74) is -1.14. The lowest BCUT2D eigenvalue weighted by Crippen LogP contribution is -2.46. The fourth-order valence-electron chi connectivity index (χ4n) is 5.99. The van der Waals surface area contributed by atoms with E-state index in [0.717, 1.165) is 12.3 Å². The first-order valence-corrected chi connectivity index (χ1v) is 18.3. The molecule has 1 fully saturated rings. The number of sulfonamides is 1. The van der Waals surface area contributed by atoms with Gasteiger partial charge in [0, 0.05) is 32.7 Å². The number of nitrogens with one attached hydrogen (secondary N) is 1. The molecule has 0 spiro atoms. The fraction of sp³-hybridized carbons (Fsp3) is 0.400. The van der Waals surface area contributed by atoms with E-state index >= 15 is 0 Å². The van der Waals surface area contributed by atoms with Crippen molar-refractivity contribution in [2.75, 3.05) is 58.8 Å². The maximum atomic E-state index is 14.6. The quantitative estimate of drug-likeness (QED) is 0.190. The molecule has 1 aliphatic rings. The number of halogens is 4. The summed E-state index contributed by atoms with van der Waals surface area (Å²) >= 11 is 0. The first-order chi connectivity index (χ1) is 24.2. The van der Waals surface area contributed by atoms with Gasteiger partial charge in [0.2, 0.25) is 15.9 Å². The molecule has 0 radical (unpaired) electrons. The van der Waals surface area contributed by atoms with Gasteiger partial charge in [-0.25, -0.2) is 22.5 Å². The number of hydrogen-bond acceptors (Lipinski definition) is 8. The van der Waals surface area contributed by atoms with E-state index in [9.17, 15) is 35.6 Å². The maximum Gasteiger partial charge on any atom is 0.419 e. The number of rotatable bonds is 14. The Morgan fingerprint density at radius 1 is 1.08 bits per heavy atom. The number of hydrogen-bond donors (Lipinski definition) is 1. The van der Waals surface area contributed by atoms with Gasteiger partial charge in [0.25, 0.3) is 5.56 Å². The van der Waals surface area contributed by atoms with Gasteiger partial charge in [-0.1, -0.05) is 18.2 Å². The van der Waals surface area contributed by atoms with Crippen LogP contribution in [0.15, 0.2) is 71.5 Å². The highest BCUT2D eigenvalue weighted by Gasteiger charge is 2.35. The number of carbonyl (C=O) groups excluding carboxylic acids is 1. The van der Waals surface area contributed by atoms with Crippen LogP contribution in [0.5, 0.6) is 5.75 Å². The van der Waals surface area contributed by atoms with E-state index in [1.54, 1.807) is 48.5 Å². The number of fused-ring (bicyclic) bond motifs is 1. The van der Waals surface area contributed by atoms with Crippen LogP contribution in [-0.2, 0) is 32.2 Å². The van der Waals surface area contributed by atoms with Gasteiger partial charge in [-0.05, 0) is 67.4 Å². The minimum Gasteiger partial charge on any atom is -0.494 e. The molecular weight excluding hydrogens is 694 g/mol. The van der Waals surface area contributed by atoms with Crippen molar-refractivity contribution in [3.05, 3.63) is 99.9 Å². The predicted molar refractivity (Wildman–Crippen MR) is 183 cm³/mol. The van der Waals surface area contributed by atoms with Gasteiger partial charge < -0.3 is 14.4 Å².